The van der Waals surface area contributed by atoms with Crippen molar-refractivity contribution in [3.63, 3.8) is 0 Å². The Morgan fingerprint density at radius 1 is 1.19 bits per heavy atom. The molecule has 1 saturated heterocycles. The Bertz CT molecular complexity index is 925. The van der Waals surface area contributed by atoms with Gasteiger partial charge in [-0.2, -0.15) is 0 Å². The number of carbonyl (C=O) groups is 3. The molecule has 31 heavy (non-hydrogen) atoms. The minimum atomic E-state index is -0.950. The smallest absolute Gasteiger partial charge is 0.344 e. The first-order valence-electron chi connectivity index (χ1n) is 10.8. The molecule has 4 rings (SSSR count). The molecule has 0 spiro atoms. The van der Waals surface area contributed by atoms with Gasteiger partial charge in [0.15, 0.2) is 11.5 Å². The lowest BCUT2D eigenvalue weighted by Crippen LogP contribution is -2.46. The summed E-state index contributed by atoms with van der Waals surface area (Å²) in [5.41, 5.74) is 2.11. The van der Waals surface area contributed by atoms with E-state index in [9.17, 15) is 14.4 Å². The van der Waals surface area contributed by atoms with Crippen molar-refractivity contribution in [2.24, 2.45) is 0 Å². The van der Waals surface area contributed by atoms with Gasteiger partial charge >= 0.3 is 5.97 Å². The summed E-state index contributed by atoms with van der Waals surface area (Å²) < 4.78 is 16.2. The average molecular weight is 428 g/mol. The second-order valence-electron chi connectivity index (χ2n) is 8.03. The van der Waals surface area contributed by atoms with Gasteiger partial charge in [-0.3, -0.25) is 14.5 Å². The molecule has 0 saturated carbocycles. The second kappa shape index (κ2) is 8.99. The number of nitrogens with one attached hydrogen (secondary N) is 1. The summed E-state index contributed by atoms with van der Waals surface area (Å²) in [6, 6.07) is 2.67. The lowest BCUT2D eigenvalue weighted by molar-refractivity contribution is -0.145. The number of hydrogen-bond acceptors (Lipinski definition) is 6. The predicted molar refractivity (Wildman–Crippen MR) is 112 cm³/mol. The Labute approximate surface area is 181 Å². The molecule has 1 N–H and O–H groups in total. The Hall–Kier alpha value is -3.03. The van der Waals surface area contributed by atoms with Gasteiger partial charge in [0.1, 0.15) is 11.6 Å². The third-order valence-corrected chi connectivity index (χ3v) is 6.21. The van der Waals surface area contributed by atoms with Crippen molar-refractivity contribution in [2.45, 2.75) is 57.2 Å². The van der Waals surface area contributed by atoms with E-state index in [1.165, 1.54) is 37.5 Å². The number of rotatable bonds is 7. The average Bonchev–Trinajstić information content (AvgIpc) is 3.33. The summed E-state index contributed by atoms with van der Waals surface area (Å²) in [5.74, 6) is -0.361. The molecule has 2 amide bonds. The summed E-state index contributed by atoms with van der Waals surface area (Å²) >= 11 is 0. The van der Waals surface area contributed by atoms with Gasteiger partial charge in [0, 0.05) is 18.5 Å². The number of allylic oxidation sites excluding steroid dienone is 1. The SMILES string of the molecule is COc1ccc2c(c1OC)C(=O)OC2N1C(=O)CCC1C(=O)NCCC1=CCCCC1. The number of benzene rings is 1. The van der Waals surface area contributed by atoms with Crippen LogP contribution in [0.25, 0.3) is 0 Å². The van der Waals surface area contributed by atoms with Crippen molar-refractivity contribution >= 4 is 17.8 Å². The predicted octanol–water partition coefficient (Wildman–Crippen LogP) is 2.87. The largest absolute Gasteiger partial charge is 0.493 e. The zero-order chi connectivity index (χ0) is 22.0. The number of likely N-dealkylation sites (tertiary alicyclic amines) is 1. The Morgan fingerprint density at radius 3 is 2.74 bits per heavy atom. The van der Waals surface area contributed by atoms with Gasteiger partial charge in [-0.25, -0.2) is 4.79 Å². The van der Waals surface area contributed by atoms with E-state index in [2.05, 4.69) is 11.4 Å². The number of esters is 1. The molecule has 1 aliphatic carbocycles. The third-order valence-electron chi connectivity index (χ3n) is 6.21. The van der Waals surface area contributed by atoms with Gasteiger partial charge in [0.2, 0.25) is 18.0 Å². The van der Waals surface area contributed by atoms with E-state index in [0.29, 0.717) is 24.3 Å². The maximum atomic E-state index is 12.9. The van der Waals surface area contributed by atoms with Crippen LogP contribution in [0.2, 0.25) is 0 Å². The van der Waals surface area contributed by atoms with E-state index in [1.54, 1.807) is 12.1 Å². The van der Waals surface area contributed by atoms with Gasteiger partial charge in [-0.1, -0.05) is 11.6 Å². The highest BCUT2D eigenvalue weighted by Gasteiger charge is 2.47. The number of methoxy groups -OCH3 is 2. The van der Waals surface area contributed by atoms with Gasteiger partial charge in [0.25, 0.3) is 0 Å². The first kappa shape index (κ1) is 21.2. The van der Waals surface area contributed by atoms with Crippen LogP contribution in [0.5, 0.6) is 11.5 Å². The molecule has 2 aliphatic heterocycles. The van der Waals surface area contributed by atoms with Gasteiger partial charge < -0.3 is 19.5 Å². The summed E-state index contributed by atoms with van der Waals surface area (Å²) in [4.78, 5) is 39.6. The molecule has 2 unspecified atom stereocenters. The molecule has 2 atom stereocenters. The number of ether oxygens (including phenoxy) is 3. The molecular weight excluding hydrogens is 400 g/mol. The fraction of sp³-hybridized carbons (Fsp3) is 0.522. The minimum absolute atomic E-state index is 0.212. The van der Waals surface area contributed by atoms with Crippen LogP contribution in [0.15, 0.2) is 23.8 Å². The molecule has 1 fully saturated rings. The van der Waals surface area contributed by atoms with Crippen LogP contribution in [-0.2, 0) is 14.3 Å². The zero-order valence-electron chi connectivity index (χ0n) is 17.9. The fourth-order valence-electron chi connectivity index (χ4n) is 4.64. The minimum Gasteiger partial charge on any atom is -0.493 e. The van der Waals surface area contributed by atoms with E-state index < -0.39 is 18.2 Å². The van der Waals surface area contributed by atoms with E-state index in [4.69, 9.17) is 14.2 Å². The highest BCUT2D eigenvalue weighted by atomic mass is 16.6. The summed E-state index contributed by atoms with van der Waals surface area (Å²) in [6.45, 7) is 0.537. The zero-order valence-corrected chi connectivity index (χ0v) is 17.9. The van der Waals surface area contributed by atoms with Crippen LogP contribution in [0.3, 0.4) is 0 Å². The Morgan fingerprint density at radius 2 is 2.03 bits per heavy atom. The summed E-state index contributed by atoms with van der Waals surface area (Å²) in [6.07, 6.45) is 7.39. The van der Waals surface area contributed by atoms with E-state index in [0.717, 1.165) is 19.3 Å². The second-order valence-corrected chi connectivity index (χ2v) is 8.03. The van der Waals surface area contributed by atoms with Crippen molar-refractivity contribution in [3.8, 4) is 11.5 Å². The van der Waals surface area contributed by atoms with Crippen LogP contribution >= 0.6 is 0 Å². The first-order valence-corrected chi connectivity index (χ1v) is 10.8. The Kier molecular flexibility index (Phi) is 6.15. The molecule has 0 radical (unpaired) electrons. The number of fused-ring (bicyclic) bond motifs is 1. The van der Waals surface area contributed by atoms with Gasteiger partial charge in [-0.05, 0) is 50.7 Å². The summed E-state index contributed by atoms with van der Waals surface area (Å²) in [7, 11) is 2.92. The molecule has 0 aromatic heterocycles. The number of carbonyl (C=O) groups excluding carboxylic acids is 3. The van der Waals surface area contributed by atoms with Crippen LogP contribution < -0.4 is 14.8 Å². The molecule has 2 heterocycles. The van der Waals surface area contributed by atoms with E-state index in [1.807, 2.05) is 0 Å². The topological polar surface area (TPSA) is 94.2 Å². The third kappa shape index (κ3) is 3.98. The molecule has 166 valence electrons. The van der Waals surface area contributed by atoms with Crippen LogP contribution in [0, 0.1) is 0 Å². The van der Waals surface area contributed by atoms with Crippen molar-refractivity contribution in [1.82, 2.24) is 10.2 Å². The monoisotopic (exact) mass is 428 g/mol. The normalized spacial score (nSPS) is 22.6. The van der Waals surface area contributed by atoms with Crippen molar-refractivity contribution in [3.05, 3.63) is 34.9 Å². The van der Waals surface area contributed by atoms with Crippen LogP contribution in [0.4, 0.5) is 0 Å². The first-order chi connectivity index (χ1) is 15.0. The Balaban J connectivity index is 1.51. The van der Waals surface area contributed by atoms with Gasteiger partial charge in [0.05, 0.1) is 14.2 Å². The molecule has 0 bridgehead atoms. The van der Waals surface area contributed by atoms with Crippen molar-refractivity contribution < 1.29 is 28.6 Å². The highest BCUT2D eigenvalue weighted by molar-refractivity contribution is 5.99. The van der Waals surface area contributed by atoms with E-state index in [-0.39, 0.29) is 29.5 Å². The lowest BCUT2D eigenvalue weighted by atomic mass is 9.97. The molecule has 8 heteroatoms. The number of hydrogen-bond donors (Lipinski definition) is 1. The number of amides is 2. The maximum absolute atomic E-state index is 12.9. The lowest BCUT2D eigenvalue weighted by Gasteiger charge is -2.29. The maximum Gasteiger partial charge on any atom is 0.344 e. The van der Waals surface area contributed by atoms with Crippen molar-refractivity contribution in [1.29, 1.82) is 0 Å². The number of nitrogens with zero attached hydrogens (tertiary/aromatic N) is 1. The highest BCUT2D eigenvalue weighted by Crippen LogP contribution is 2.45. The molecular formula is C23H28N2O6. The van der Waals surface area contributed by atoms with Crippen LogP contribution in [-0.4, -0.2) is 49.5 Å². The quantitative estimate of drug-likeness (QED) is 0.530. The molecule has 1 aromatic rings. The van der Waals surface area contributed by atoms with Crippen molar-refractivity contribution in [2.75, 3.05) is 20.8 Å². The standard InChI is InChI=1S/C23H28N2O6/c1-29-17-10-8-15-19(20(17)30-2)23(28)31-22(15)25-16(9-11-18(25)26)21(27)24-13-12-14-6-4-3-5-7-14/h6,8,10,16,22H,3-5,7,9,11-13H2,1-2H3,(H,24,27). The molecule has 8 nitrogen and oxygen atoms in total. The summed E-state index contributed by atoms with van der Waals surface area (Å²) in [5, 5.41) is 2.96. The molecule has 1 aromatic carbocycles. The molecule has 3 aliphatic rings. The van der Waals surface area contributed by atoms with Crippen LogP contribution in [0.1, 0.15) is 67.1 Å². The van der Waals surface area contributed by atoms with Gasteiger partial charge in [-0.15, -0.1) is 0 Å². The number of cyclic esters (lactones) is 1. The fourth-order valence-corrected chi connectivity index (χ4v) is 4.64. The van der Waals surface area contributed by atoms with E-state index >= 15 is 0 Å².